The van der Waals surface area contributed by atoms with Crippen molar-refractivity contribution >= 4 is 31.9 Å². The first-order chi connectivity index (χ1) is 3.80. The second-order valence-electron chi connectivity index (χ2n) is 1.88. The van der Waals surface area contributed by atoms with E-state index in [-0.39, 0.29) is 5.01 Å². The Labute approximate surface area is 66.0 Å². The minimum absolute atomic E-state index is 0.233. The highest BCUT2D eigenvalue weighted by molar-refractivity contribution is 9.12. The lowest BCUT2D eigenvalue weighted by atomic mass is 10.2. The summed E-state index contributed by atoms with van der Waals surface area (Å²) in [5.41, 5.74) is 0. The molecule has 0 aromatic heterocycles. The third-order valence-electron chi connectivity index (χ3n) is 1.19. The predicted molar refractivity (Wildman–Crippen MR) is 40.6 cm³/mol. The van der Waals surface area contributed by atoms with Gasteiger partial charge in [-0.2, -0.15) is 0 Å². The van der Waals surface area contributed by atoms with Crippen molar-refractivity contribution in [3.63, 3.8) is 0 Å². The maximum Gasteiger partial charge on any atom is 0.124 e. The van der Waals surface area contributed by atoms with Gasteiger partial charge in [-0.25, -0.2) is 0 Å². The van der Waals surface area contributed by atoms with Gasteiger partial charge in [0.15, 0.2) is 0 Å². The molecule has 0 bridgehead atoms. The molecule has 1 fully saturated rings. The van der Waals surface area contributed by atoms with E-state index in [2.05, 4.69) is 31.9 Å². The highest BCUT2D eigenvalue weighted by Gasteiger charge is 2.19. The third-order valence-corrected chi connectivity index (χ3v) is 3.74. The first kappa shape index (κ1) is 7.03. The fourth-order valence-corrected chi connectivity index (χ4v) is 1.64. The van der Waals surface area contributed by atoms with Crippen LogP contribution in [0.15, 0.2) is 0 Å². The molecule has 0 unspecified atom stereocenters. The van der Waals surface area contributed by atoms with E-state index >= 15 is 0 Å². The smallest absolute Gasteiger partial charge is 0.124 e. The summed E-state index contributed by atoms with van der Waals surface area (Å²) in [5.74, 6) is 0. The highest BCUT2D eigenvalue weighted by atomic mass is 79.9. The number of ether oxygens (including phenoxy) is 1. The zero-order valence-electron chi connectivity index (χ0n) is 4.44. The van der Waals surface area contributed by atoms with E-state index < -0.39 is 0 Å². The van der Waals surface area contributed by atoms with Gasteiger partial charge in [0, 0.05) is 6.61 Å². The maximum absolute atomic E-state index is 5.26. The summed E-state index contributed by atoms with van der Waals surface area (Å²) in [6, 6.07) is 0. The second-order valence-corrected chi connectivity index (χ2v) is 3.96. The number of rotatable bonds is 0. The van der Waals surface area contributed by atoms with Gasteiger partial charge in [-0.15, -0.1) is 0 Å². The average molecular weight is 244 g/mol. The molecule has 3 heteroatoms. The van der Waals surface area contributed by atoms with E-state index in [1.165, 1.54) is 12.8 Å². The summed E-state index contributed by atoms with van der Waals surface area (Å²) in [6.07, 6.45) is 2.40. The molecule has 0 saturated carbocycles. The Morgan fingerprint density at radius 3 is 2.50 bits per heavy atom. The van der Waals surface area contributed by atoms with Gasteiger partial charge in [0.2, 0.25) is 0 Å². The van der Waals surface area contributed by atoms with Gasteiger partial charge in [0.05, 0.1) is 4.83 Å². The van der Waals surface area contributed by atoms with Crippen molar-refractivity contribution in [1.82, 2.24) is 0 Å². The van der Waals surface area contributed by atoms with E-state index in [9.17, 15) is 0 Å². The van der Waals surface area contributed by atoms with E-state index in [0.29, 0.717) is 4.83 Å². The molecule has 0 amide bonds. The molecule has 1 saturated heterocycles. The minimum Gasteiger partial charge on any atom is -0.366 e. The summed E-state index contributed by atoms with van der Waals surface area (Å²) >= 11 is 6.87. The molecule has 0 aromatic carbocycles. The van der Waals surface area contributed by atoms with Crippen molar-refractivity contribution < 1.29 is 4.74 Å². The molecular formula is C5H8Br2O. The summed E-state index contributed by atoms with van der Waals surface area (Å²) in [6.45, 7) is 0.901. The highest BCUT2D eigenvalue weighted by Crippen LogP contribution is 2.24. The standard InChI is InChI=1S/C5H8Br2O/c6-4-2-1-3-8-5(4)7/h4-5H,1-3H2/t4-,5-/m1/s1. The van der Waals surface area contributed by atoms with E-state index in [0.717, 1.165) is 6.61 Å². The summed E-state index contributed by atoms with van der Waals surface area (Å²) < 4.78 is 5.26. The lowest BCUT2D eigenvalue weighted by molar-refractivity contribution is 0.0835. The number of hydrogen-bond donors (Lipinski definition) is 0. The zero-order chi connectivity index (χ0) is 5.98. The average Bonchev–Trinajstić information content (AvgIpc) is 1.77. The minimum atomic E-state index is 0.233. The monoisotopic (exact) mass is 242 g/mol. The summed E-state index contributed by atoms with van der Waals surface area (Å²) in [5, 5.41) is 0.233. The lowest BCUT2D eigenvalue weighted by Crippen LogP contribution is -2.23. The van der Waals surface area contributed by atoms with Gasteiger partial charge in [0.25, 0.3) is 0 Å². The lowest BCUT2D eigenvalue weighted by Gasteiger charge is -2.22. The van der Waals surface area contributed by atoms with Crippen molar-refractivity contribution in [2.24, 2.45) is 0 Å². The Hall–Kier alpha value is 0.920. The molecule has 0 spiro atoms. The topological polar surface area (TPSA) is 9.23 Å². The molecule has 0 aromatic rings. The van der Waals surface area contributed by atoms with Crippen LogP contribution >= 0.6 is 31.9 Å². The fraction of sp³-hybridized carbons (Fsp3) is 1.00. The number of halogens is 2. The van der Waals surface area contributed by atoms with Crippen LogP contribution < -0.4 is 0 Å². The molecule has 8 heavy (non-hydrogen) atoms. The van der Waals surface area contributed by atoms with Crippen LogP contribution in [0.3, 0.4) is 0 Å². The van der Waals surface area contributed by atoms with Crippen LogP contribution in [0.4, 0.5) is 0 Å². The van der Waals surface area contributed by atoms with Gasteiger partial charge in [-0.05, 0) is 12.8 Å². The molecule has 1 aliphatic heterocycles. The fourth-order valence-electron chi connectivity index (χ4n) is 0.710. The van der Waals surface area contributed by atoms with Crippen LogP contribution in [0.25, 0.3) is 0 Å². The van der Waals surface area contributed by atoms with Gasteiger partial charge >= 0.3 is 0 Å². The molecule has 1 heterocycles. The van der Waals surface area contributed by atoms with Crippen LogP contribution in [-0.4, -0.2) is 16.4 Å². The van der Waals surface area contributed by atoms with Crippen molar-refractivity contribution in [1.29, 1.82) is 0 Å². The maximum atomic E-state index is 5.26. The zero-order valence-corrected chi connectivity index (χ0v) is 7.61. The first-order valence-corrected chi connectivity index (χ1v) is 4.53. The predicted octanol–water partition coefficient (Wildman–Crippen LogP) is 2.28. The summed E-state index contributed by atoms with van der Waals surface area (Å²) in [4.78, 5) is 0.510. The van der Waals surface area contributed by atoms with Crippen molar-refractivity contribution in [3.8, 4) is 0 Å². The Morgan fingerprint density at radius 1 is 1.38 bits per heavy atom. The summed E-state index contributed by atoms with van der Waals surface area (Å²) in [7, 11) is 0. The molecule has 48 valence electrons. The van der Waals surface area contributed by atoms with Crippen LogP contribution in [-0.2, 0) is 4.74 Å². The van der Waals surface area contributed by atoms with Crippen molar-refractivity contribution in [3.05, 3.63) is 0 Å². The Morgan fingerprint density at radius 2 is 2.12 bits per heavy atom. The van der Waals surface area contributed by atoms with Crippen molar-refractivity contribution in [2.45, 2.75) is 22.7 Å². The Kier molecular flexibility index (Phi) is 2.80. The largest absolute Gasteiger partial charge is 0.366 e. The molecule has 0 radical (unpaired) electrons. The molecule has 0 N–H and O–H groups in total. The normalized spacial score (nSPS) is 39.8. The SMILES string of the molecule is Br[C@@H]1CCCO[C@H]1Br. The molecule has 1 nitrogen and oxygen atoms in total. The van der Waals surface area contributed by atoms with Crippen LogP contribution in [0.5, 0.6) is 0 Å². The quantitative estimate of drug-likeness (QED) is 0.594. The van der Waals surface area contributed by atoms with E-state index in [1.807, 2.05) is 0 Å². The molecular weight excluding hydrogens is 236 g/mol. The van der Waals surface area contributed by atoms with Crippen LogP contribution in [0, 0.1) is 0 Å². The molecule has 1 rings (SSSR count). The van der Waals surface area contributed by atoms with Gasteiger partial charge in [0.1, 0.15) is 5.01 Å². The molecule has 1 aliphatic rings. The first-order valence-electron chi connectivity index (χ1n) is 2.70. The Bertz CT molecular complexity index is 66.8. The van der Waals surface area contributed by atoms with Crippen LogP contribution in [0.1, 0.15) is 12.8 Å². The molecule has 0 aliphatic carbocycles. The van der Waals surface area contributed by atoms with Crippen LogP contribution in [0.2, 0.25) is 0 Å². The van der Waals surface area contributed by atoms with Gasteiger partial charge < -0.3 is 4.74 Å². The van der Waals surface area contributed by atoms with E-state index in [1.54, 1.807) is 0 Å². The molecule has 2 atom stereocenters. The number of hydrogen-bond acceptors (Lipinski definition) is 1. The van der Waals surface area contributed by atoms with Gasteiger partial charge in [-0.1, -0.05) is 31.9 Å². The second kappa shape index (κ2) is 3.18. The Balaban J connectivity index is 2.28. The van der Waals surface area contributed by atoms with Crippen molar-refractivity contribution in [2.75, 3.05) is 6.61 Å². The van der Waals surface area contributed by atoms with Gasteiger partial charge in [-0.3, -0.25) is 0 Å². The third kappa shape index (κ3) is 1.71. The van der Waals surface area contributed by atoms with E-state index in [4.69, 9.17) is 4.74 Å². The number of alkyl halides is 2.